The van der Waals surface area contributed by atoms with Crippen molar-refractivity contribution in [2.45, 2.75) is 83.7 Å². The SMILES string of the molecule is CCCCC(C)N1CCc2c(n(S(=O)(=O)C3=CC=COC3)c3ccc(C(=O)N4CCCC(C(=O)NC5CC5)C4)cc23)CC1. The predicted octanol–water partition coefficient (Wildman–Crippen LogP) is 4.36. The zero-order valence-electron chi connectivity index (χ0n) is 25.4. The number of benzene rings is 1. The van der Waals surface area contributed by atoms with Gasteiger partial charge in [-0.05, 0) is 81.4 Å². The molecule has 1 saturated heterocycles. The second-order valence-electron chi connectivity index (χ2n) is 12.6. The van der Waals surface area contributed by atoms with Crippen LogP contribution < -0.4 is 5.32 Å². The Kier molecular flexibility index (Phi) is 8.69. The highest BCUT2D eigenvalue weighted by molar-refractivity contribution is 7.94. The molecule has 2 atom stereocenters. The summed E-state index contributed by atoms with van der Waals surface area (Å²) in [6.45, 7) is 7.11. The van der Waals surface area contributed by atoms with Crippen molar-refractivity contribution in [1.29, 1.82) is 0 Å². The lowest BCUT2D eigenvalue weighted by Crippen LogP contribution is -2.45. The lowest BCUT2D eigenvalue weighted by atomic mass is 9.96. The smallest absolute Gasteiger partial charge is 0.267 e. The highest BCUT2D eigenvalue weighted by atomic mass is 32.2. The summed E-state index contributed by atoms with van der Waals surface area (Å²) < 4.78 is 35.1. The molecule has 1 aliphatic carbocycles. The topological polar surface area (TPSA) is 101 Å². The number of rotatable bonds is 9. The summed E-state index contributed by atoms with van der Waals surface area (Å²) in [5.74, 6) is -0.242. The molecular weight excluding hydrogens is 564 g/mol. The van der Waals surface area contributed by atoms with Gasteiger partial charge in [0.25, 0.3) is 15.9 Å². The number of ether oxygens (including phenoxy) is 1. The van der Waals surface area contributed by atoms with Crippen LogP contribution in [0.3, 0.4) is 0 Å². The Bertz CT molecular complexity index is 1550. The highest BCUT2D eigenvalue weighted by Gasteiger charge is 2.34. The number of fused-ring (bicyclic) bond motifs is 3. The Morgan fingerprint density at radius 3 is 2.67 bits per heavy atom. The molecule has 3 aliphatic heterocycles. The first kappa shape index (κ1) is 29.9. The lowest BCUT2D eigenvalue weighted by molar-refractivity contribution is -0.126. The van der Waals surface area contributed by atoms with Gasteiger partial charge in [0.05, 0.1) is 17.7 Å². The van der Waals surface area contributed by atoms with E-state index in [2.05, 4.69) is 24.1 Å². The van der Waals surface area contributed by atoms with E-state index in [0.29, 0.717) is 49.1 Å². The summed E-state index contributed by atoms with van der Waals surface area (Å²) in [4.78, 5) is 31.0. The van der Waals surface area contributed by atoms with E-state index in [9.17, 15) is 18.0 Å². The number of amides is 2. The normalized spacial score (nSPS) is 22.0. The minimum absolute atomic E-state index is 0.00548. The fourth-order valence-electron chi connectivity index (χ4n) is 6.82. The van der Waals surface area contributed by atoms with Gasteiger partial charge in [-0.3, -0.25) is 14.5 Å². The third-order valence-electron chi connectivity index (χ3n) is 9.52. The molecule has 4 aliphatic rings. The average molecular weight is 609 g/mol. The molecule has 2 unspecified atom stereocenters. The molecule has 2 amide bonds. The van der Waals surface area contributed by atoms with Gasteiger partial charge in [0.2, 0.25) is 5.91 Å². The number of carbonyl (C=O) groups excluding carboxylic acids is 2. The van der Waals surface area contributed by atoms with E-state index in [1.807, 2.05) is 6.07 Å². The summed E-state index contributed by atoms with van der Waals surface area (Å²) in [7, 11) is -3.89. The molecule has 0 bridgehead atoms. The number of carbonyl (C=O) groups is 2. The highest BCUT2D eigenvalue weighted by Crippen LogP contribution is 2.35. The number of hydrogen-bond donors (Lipinski definition) is 1. The van der Waals surface area contributed by atoms with Crippen LogP contribution >= 0.6 is 0 Å². The molecule has 43 heavy (non-hydrogen) atoms. The standard InChI is InChI=1S/C33H44N4O5S/c1-3-4-7-23(2)35-17-14-28-29-20-24(33(39)36-16-5-8-25(21-36)32(38)34-26-11-12-26)10-13-30(29)37(31(28)15-18-35)43(40,41)27-9-6-19-42-22-27/h6,9-10,13,19-20,23,25-26H,3-5,7-8,11-12,14-18,21-22H2,1-2H3,(H,34,38). The van der Waals surface area contributed by atoms with Crippen LogP contribution in [0.2, 0.25) is 0 Å². The number of likely N-dealkylation sites (tertiary alicyclic amines) is 1. The van der Waals surface area contributed by atoms with Crippen molar-refractivity contribution < 1.29 is 22.7 Å². The number of unbranched alkanes of at least 4 members (excludes halogenated alkanes) is 1. The van der Waals surface area contributed by atoms with Crippen LogP contribution in [0.15, 0.2) is 41.5 Å². The zero-order chi connectivity index (χ0) is 30.1. The van der Waals surface area contributed by atoms with Crippen molar-refractivity contribution >= 4 is 32.7 Å². The van der Waals surface area contributed by atoms with Crippen molar-refractivity contribution in [1.82, 2.24) is 19.1 Å². The van der Waals surface area contributed by atoms with Crippen LogP contribution in [0.4, 0.5) is 0 Å². The van der Waals surface area contributed by atoms with E-state index in [0.717, 1.165) is 68.3 Å². The van der Waals surface area contributed by atoms with Crippen LogP contribution in [-0.2, 0) is 32.4 Å². The van der Waals surface area contributed by atoms with Crippen LogP contribution in [-0.4, -0.2) is 78.9 Å². The van der Waals surface area contributed by atoms with Gasteiger partial charge in [0.1, 0.15) is 11.5 Å². The van der Waals surface area contributed by atoms with Crippen molar-refractivity contribution in [3.63, 3.8) is 0 Å². The van der Waals surface area contributed by atoms with Gasteiger partial charge in [-0.2, -0.15) is 0 Å². The van der Waals surface area contributed by atoms with Gasteiger partial charge in [-0.25, -0.2) is 12.4 Å². The maximum Gasteiger partial charge on any atom is 0.267 e. The molecule has 4 heterocycles. The van der Waals surface area contributed by atoms with Crippen molar-refractivity contribution in [2.75, 3.05) is 32.8 Å². The predicted molar refractivity (Wildman–Crippen MR) is 167 cm³/mol. The number of hydrogen-bond acceptors (Lipinski definition) is 6. The first-order chi connectivity index (χ1) is 20.8. The molecule has 9 nitrogen and oxygen atoms in total. The second-order valence-corrected chi connectivity index (χ2v) is 14.4. The van der Waals surface area contributed by atoms with E-state index in [-0.39, 0.29) is 29.2 Å². The molecule has 10 heteroatoms. The Morgan fingerprint density at radius 2 is 1.93 bits per heavy atom. The fourth-order valence-corrected chi connectivity index (χ4v) is 8.43. The third-order valence-corrected chi connectivity index (χ3v) is 11.3. The Labute approximate surface area is 255 Å². The molecule has 232 valence electrons. The van der Waals surface area contributed by atoms with Crippen molar-refractivity contribution in [2.24, 2.45) is 5.92 Å². The van der Waals surface area contributed by atoms with Crippen LogP contribution in [0.5, 0.6) is 0 Å². The zero-order valence-corrected chi connectivity index (χ0v) is 26.2. The van der Waals surface area contributed by atoms with Gasteiger partial charge in [0.15, 0.2) is 0 Å². The molecule has 0 radical (unpaired) electrons. The molecular formula is C33H44N4O5S. The molecule has 0 spiro atoms. The van der Waals surface area contributed by atoms with E-state index < -0.39 is 10.0 Å². The van der Waals surface area contributed by atoms with E-state index >= 15 is 0 Å². The fraction of sp³-hybridized carbons (Fsp3) is 0.576. The first-order valence-corrected chi connectivity index (χ1v) is 17.4. The summed E-state index contributed by atoms with van der Waals surface area (Å²) in [6.07, 6.45) is 13.1. The largest absolute Gasteiger partial charge is 0.496 e. The minimum Gasteiger partial charge on any atom is -0.496 e. The molecule has 1 aromatic carbocycles. The maximum atomic E-state index is 14.1. The Hall–Kier alpha value is -3.11. The molecule has 6 rings (SSSR count). The van der Waals surface area contributed by atoms with Gasteiger partial charge in [-0.1, -0.05) is 19.8 Å². The van der Waals surface area contributed by atoms with Crippen molar-refractivity contribution in [3.05, 3.63) is 58.3 Å². The van der Waals surface area contributed by atoms with E-state index in [1.54, 1.807) is 29.2 Å². The number of nitrogens with one attached hydrogen (secondary N) is 1. The van der Waals surface area contributed by atoms with Gasteiger partial charge < -0.3 is 15.0 Å². The number of piperidine rings is 1. The second kappa shape index (κ2) is 12.5. The van der Waals surface area contributed by atoms with E-state index in [1.165, 1.54) is 16.7 Å². The molecule has 2 fully saturated rings. The number of nitrogens with zero attached hydrogens (tertiary/aromatic N) is 3. The summed E-state index contributed by atoms with van der Waals surface area (Å²) >= 11 is 0. The Balaban J connectivity index is 1.34. The van der Waals surface area contributed by atoms with Crippen LogP contribution in [0.25, 0.3) is 10.9 Å². The van der Waals surface area contributed by atoms with Gasteiger partial charge in [0, 0.05) is 61.3 Å². The summed E-state index contributed by atoms with van der Waals surface area (Å²) in [5.41, 5.74) is 2.94. The summed E-state index contributed by atoms with van der Waals surface area (Å²) in [5, 5.41) is 3.92. The van der Waals surface area contributed by atoms with Crippen LogP contribution in [0.1, 0.15) is 80.4 Å². The van der Waals surface area contributed by atoms with Gasteiger partial charge in [-0.15, -0.1) is 0 Å². The van der Waals surface area contributed by atoms with Crippen molar-refractivity contribution in [3.8, 4) is 0 Å². The average Bonchev–Trinajstić information content (AvgIpc) is 3.82. The third kappa shape index (κ3) is 6.13. The minimum atomic E-state index is -3.89. The van der Waals surface area contributed by atoms with Gasteiger partial charge >= 0.3 is 0 Å². The quantitative estimate of drug-likeness (QED) is 0.454. The molecule has 1 saturated carbocycles. The van der Waals surface area contributed by atoms with E-state index in [4.69, 9.17) is 4.74 Å². The monoisotopic (exact) mass is 608 g/mol. The maximum absolute atomic E-state index is 14.1. The number of allylic oxidation sites excluding steroid dienone is 2. The van der Waals surface area contributed by atoms with Crippen LogP contribution in [0, 0.1) is 5.92 Å². The summed E-state index contributed by atoms with van der Waals surface area (Å²) in [6, 6.07) is 6.14. The Morgan fingerprint density at radius 1 is 1.12 bits per heavy atom. The molecule has 2 aromatic rings. The number of aromatic nitrogens is 1. The first-order valence-electron chi connectivity index (χ1n) is 16.0. The molecule has 1 aromatic heterocycles. The molecule has 1 N–H and O–H groups in total. The lowest BCUT2D eigenvalue weighted by Gasteiger charge is -2.32.